The molecule has 0 saturated carbocycles. The molecular weight excluding hydrogens is 757 g/mol. The van der Waals surface area contributed by atoms with Crippen LogP contribution >= 0.6 is 0 Å². The van der Waals surface area contributed by atoms with Crippen molar-refractivity contribution in [3.63, 3.8) is 0 Å². The van der Waals surface area contributed by atoms with Gasteiger partial charge in [0.05, 0.1) is 11.4 Å². The Balaban J connectivity index is 1.29. The Morgan fingerprint density at radius 3 is 1.71 bits per heavy atom. The Morgan fingerprint density at radius 1 is 0.565 bits per heavy atom. The van der Waals surface area contributed by atoms with Gasteiger partial charge in [-0.15, -0.1) is 0 Å². The lowest BCUT2D eigenvalue weighted by Crippen LogP contribution is -2.55. The number of benzene rings is 7. The zero-order valence-electron chi connectivity index (χ0n) is 38.2. The predicted octanol–water partition coefficient (Wildman–Crippen LogP) is 14.0. The second kappa shape index (κ2) is 15.3. The molecule has 0 unspecified atom stereocenters. The van der Waals surface area contributed by atoms with E-state index in [1.54, 1.807) is 0 Å². The topological polar surface area (TPSA) is 30.9 Å². The van der Waals surface area contributed by atoms with E-state index in [-0.39, 0.29) is 28.9 Å². The summed E-state index contributed by atoms with van der Waals surface area (Å²) in [7, 11) is 0. The highest BCUT2D eigenvalue weighted by Gasteiger charge is 2.40. The fraction of sp³-hybridized carbons (Fsp3) is 0.263. The highest BCUT2D eigenvalue weighted by atomic mass is 16.5. The zero-order valence-corrected chi connectivity index (χ0v) is 38.2. The third-order valence-corrected chi connectivity index (χ3v) is 12.9. The van der Waals surface area contributed by atoms with Crippen LogP contribution in [0.5, 0.6) is 34.5 Å². The molecule has 62 heavy (non-hydrogen) atoms. The number of fused-ring (bicyclic) bond motifs is 4. The Labute approximate surface area is 369 Å². The van der Waals surface area contributed by atoms with E-state index in [4.69, 9.17) is 14.2 Å². The van der Waals surface area contributed by atoms with Crippen molar-refractivity contribution in [2.45, 2.75) is 98.3 Å². The number of nitrogens with zero attached hydrogens (tertiary/aromatic N) is 1. The van der Waals surface area contributed by atoms with E-state index in [0.29, 0.717) is 0 Å². The van der Waals surface area contributed by atoms with Gasteiger partial charge in [0.1, 0.15) is 34.5 Å². The highest BCUT2D eigenvalue weighted by Crippen LogP contribution is 2.52. The molecule has 4 nitrogen and oxygen atoms in total. The molecule has 2 aliphatic heterocycles. The van der Waals surface area contributed by atoms with Crippen LogP contribution in [0.25, 0.3) is 0 Å². The molecule has 312 valence electrons. The molecule has 0 radical (unpaired) electrons. The van der Waals surface area contributed by atoms with Crippen LogP contribution in [-0.4, -0.2) is 6.71 Å². The molecule has 7 aromatic rings. The number of para-hydroxylation sites is 5. The first kappa shape index (κ1) is 41.2. The van der Waals surface area contributed by atoms with Gasteiger partial charge in [0, 0.05) is 33.8 Å². The minimum atomic E-state index is -0.290. The molecule has 7 aromatic carbocycles. The van der Waals surface area contributed by atoms with Gasteiger partial charge < -0.3 is 19.1 Å². The monoisotopic (exact) mass is 815 g/mol. The quantitative estimate of drug-likeness (QED) is 0.150. The second-order valence-corrected chi connectivity index (χ2v) is 20.0. The van der Waals surface area contributed by atoms with Crippen molar-refractivity contribution in [1.29, 1.82) is 0 Å². The number of hydrogen-bond acceptors (Lipinski definition) is 4. The fourth-order valence-corrected chi connectivity index (χ4v) is 9.65. The smallest absolute Gasteiger partial charge is 0.260 e. The molecule has 0 bridgehead atoms. The standard InChI is InChI=1S/C57H58BNO3/c1-36(2)39-22-18-21-37(3)53(39)61-49-31-20-32-50(62-54-42(55(4,5)6)25-19-26-43(54)56(7,8)9)52(49)58-44-27-14-17-30-48(44)60-51-35-38(33-34-45(51)58)59-46-28-15-12-23-40(46)57(10,11)41-24-13-16-29-47(41)59/h12-36H,1-11H3. The summed E-state index contributed by atoms with van der Waals surface area (Å²) < 4.78 is 21.7. The van der Waals surface area contributed by atoms with Crippen molar-refractivity contribution in [1.82, 2.24) is 0 Å². The van der Waals surface area contributed by atoms with Gasteiger partial charge in [-0.1, -0.05) is 172 Å². The average Bonchev–Trinajstić information content (AvgIpc) is 3.23. The van der Waals surface area contributed by atoms with Crippen LogP contribution in [0.4, 0.5) is 17.1 Å². The third kappa shape index (κ3) is 7.06. The minimum Gasteiger partial charge on any atom is -0.458 e. The first-order valence-corrected chi connectivity index (χ1v) is 22.2. The van der Waals surface area contributed by atoms with Gasteiger partial charge in [-0.2, -0.15) is 0 Å². The summed E-state index contributed by atoms with van der Waals surface area (Å²) in [6.07, 6.45) is 0. The molecule has 9 rings (SSSR count). The molecule has 0 atom stereocenters. The van der Waals surface area contributed by atoms with Crippen molar-refractivity contribution in [2.24, 2.45) is 0 Å². The highest BCUT2D eigenvalue weighted by molar-refractivity contribution is 6.98. The fourth-order valence-electron chi connectivity index (χ4n) is 9.65. The van der Waals surface area contributed by atoms with Gasteiger partial charge in [0.25, 0.3) is 6.71 Å². The summed E-state index contributed by atoms with van der Waals surface area (Å²) in [5, 5.41) is 0. The van der Waals surface area contributed by atoms with Crippen molar-refractivity contribution in [3.05, 3.63) is 179 Å². The van der Waals surface area contributed by atoms with Gasteiger partial charge in [-0.3, -0.25) is 0 Å². The Kier molecular flexibility index (Phi) is 10.2. The maximum atomic E-state index is 7.48. The van der Waals surface area contributed by atoms with E-state index in [1.165, 1.54) is 22.5 Å². The van der Waals surface area contributed by atoms with Gasteiger partial charge >= 0.3 is 0 Å². The van der Waals surface area contributed by atoms with E-state index < -0.39 is 0 Å². The lowest BCUT2D eigenvalue weighted by Gasteiger charge is -2.42. The van der Waals surface area contributed by atoms with E-state index in [2.05, 4.69) is 227 Å². The van der Waals surface area contributed by atoms with E-state index >= 15 is 0 Å². The Hall–Kier alpha value is -6.20. The van der Waals surface area contributed by atoms with E-state index in [0.717, 1.165) is 78.8 Å². The number of rotatable bonds is 7. The molecule has 0 fully saturated rings. The van der Waals surface area contributed by atoms with Crippen LogP contribution in [0.2, 0.25) is 0 Å². The average molecular weight is 816 g/mol. The van der Waals surface area contributed by atoms with Gasteiger partial charge in [-0.05, 0) is 93.2 Å². The largest absolute Gasteiger partial charge is 0.458 e. The summed E-state index contributed by atoms with van der Waals surface area (Å²) in [5.74, 6) is 5.16. The SMILES string of the molecule is Cc1cccc(C(C)C)c1Oc1cccc(Oc2c(C(C)(C)C)cccc2C(C)(C)C)c1B1c2ccccc2Oc2cc(N3c4ccccc4C(C)(C)c4ccccc43)ccc21. The maximum Gasteiger partial charge on any atom is 0.260 e. The molecular formula is C57H58BNO3. The van der Waals surface area contributed by atoms with Gasteiger partial charge in [-0.25, -0.2) is 0 Å². The summed E-state index contributed by atoms with van der Waals surface area (Å²) in [6, 6.07) is 52.1. The molecule has 0 amide bonds. The molecule has 0 aromatic heterocycles. The Morgan fingerprint density at radius 2 is 1.10 bits per heavy atom. The molecule has 0 spiro atoms. The first-order chi connectivity index (χ1) is 29.5. The van der Waals surface area contributed by atoms with Gasteiger partial charge in [0.15, 0.2) is 0 Å². The van der Waals surface area contributed by atoms with Crippen LogP contribution in [0, 0.1) is 6.92 Å². The normalized spacial score (nSPS) is 14.1. The van der Waals surface area contributed by atoms with Crippen LogP contribution < -0.4 is 35.5 Å². The lowest BCUT2D eigenvalue weighted by atomic mass is 9.35. The van der Waals surface area contributed by atoms with Crippen molar-refractivity contribution in [3.8, 4) is 34.5 Å². The summed E-state index contributed by atoms with van der Waals surface area (Å²) >= 11 is 0. The van der Waals surface area contributed by atoms with Crippen LogP contribution in [0.3, 0.4) is 0 Å². The molecule has 5 heteroatoms. The van der Waals surface area contributed by atoms with Crippen LogP contribution in [0.1, 0.15) is 109 Å². The summed E-state index contributed by atoms with van der Waals surface area (Å²) in [5.41, 5.74) is 13.1. The van der Waals surface area contributed by atoms with Gasteiger partial charge in [0.2, 0.25) is 0 Å². The van der Waals surface area contributed by atoms with Crippen LogP contribution in [0.15, 0.2) is 146 Å². The first-order valence-electron chi connectivity index (χ1n) is 22.2. The molecule has 0 saturated heterocycles. The number of hydrogen-bond donors (Lipinski definition) is 0. The molecule has 2 aliphatic rings. The Bertz CT molecular complexity index is 2760. The summed E-state index contributed by atoms with van der Waals surface area (Å²) in [4.78, 5) is 2.39. The number of anilines is 3. The maximum absolute atomic E-state index is 7.48. The molecule has 0 aliphatic carbocycles. The van der Waals surface area contributed by atoms with E-state index in [1.807, 2.05) is 0 Å². The molecule has 0 N–H and O–H groups in total. The van der Waals surface area contributed by atoms with Crippen molar-refractivity contribution < 1.29 is 14.2 Å². The lowest BCUT2D eigenvalue weighted by molar-refractivity contribution is 0.430. The third-order valence-electron chi connectivity index (χ3n) is 12.9. The molecule has 2 heterocycles. The van der Waals surface area contributed by atoms with Crippen LogP contribution in [-0.2, 0) is 16.2 Å². The minimum absolute atomic E-state index is 0.163. The van der Waals surface area contributed by atoms with Crippen molar-refractivity contribution in [2.75, 3.05) is 4.90 Å². The summed E-state index contributed by atoms with van der Waals surface area (Å²) in [6.45, 7) is 24.5. The number of ether oxygens (including phenoxy) is 3. The second-order valence-electron chi connectivity index (χ2n) is 20.0. The number of aryl methyl sites for hydroxylation is 1. The predicted molar refractivity (Wildman–Crippen MR) is 260 cm³/mol. The zero-order chi connectivity index (χ0) is 43.7. The van der Waals surface area contributed by atoms with Crippen molar-refractivity contribution >= 4 is 40.2 Å². The van der Waals surface area contributed by atoms with E-state index in [9.17, 15) is 0 Å².